The van der Waals surface area contributed by atoms with Crippen molar-refractivity contribution >= 4 is 21.8 Å². The number of primary amides is 1. The van der Waals surface area contributed by atoms with Crippen LogP contribution < -0.4 is 11.5 Å². The zero-order valence-corrected chi connectivity index (χ0v) is 9.91. The van der Waals surface area contributed by atoms with E-state index in [1.807, 2.05) is 26.0 Å². The van der Waals surface area contributed by atoms with Crippen molar-refractivity contribution in [3.05, 3.63) is 34.3 Å². The molecule has 4 heteroatoms. The summed E-state index contributed by atoms with van der Waals surface area (Å²) in [6, 6.07) is 6.45. The second-order valence-corrected chi connectivity index (χ2v) is 3.35. The van der Waals surface area contributed by atoms with Crippen LogP contribution in [-0.2, 0) is 4.79 Å². The Kier molecular flexibility index (Phi) is 6.16. The highest BCUT2D eigenvalue weighted by Gasteiger charge is 2.10. The maximum atomic E-state index is 10.7. The van der Waals surface area contributed by atoms with E-state index in [0.717, 1.165) is 10.0 Å². The molecule has 0 saturated heterocycles. The standard InChI is InChI=1S/C8H9BrN2O.C2H6/c9-6-3-1-5(2-4-6)7(10)8(11)12;1-2/h1-4,7H,10H2,(H2,11,12);1-2H3. The Morgan fingerprint density at radius 1 is 1.29 bits per heavy atom. The fourth-order valence-electron chi connectivity index (χ4n) is 0.834. The molecule has 14 heavy (non-hydrogen) atoms. The van der Waals surface area contributed by atoms with Crippen LogP contribution in [0, 0.1) is 0 Å². The van der Waals surface area contributed by atoms with E-state index in [4.69, 9.17) is 11.5 Å². The lowest BCUT2D eigenvalue weighted by Gasteiger charge is -2.06. The summed E-state index contributed by atoms with van der Waals surface area (Å²) in [5.74, 6) is -0.516. The smallest absolute Gasteiger partial charge is 0.238 e. The third-order valence-corrected chi connectivity index (χ3v) is 2.06. The van der Waals surface area contributed by atoms with Gasteiger partial charge in [0.2, 0.25) is 5.91 Å². The molecule has 0 fully saturated rings. The second kappa shape index (κ2) is 6.56. The molecule has 0 spiro atoms. The molecule has 1 atom stereocenters. The van der Waals surface area contributed by atoms with Gasteiger partial charge in [0, 0.05) is 4.47 Å². The fraction of sp³-hybridized carbons (Fsp3) is 0.300. The summed E-state index contributed by atoms with van der Waals surface area (Å²) in [6.45, 7) is 4.00. The molecule has 0 aromatic heterocycles. The molecule has 0 aliphatic rings. The van der Waals surface area contributed by atoms with Crippen LogP contribution in [0.5, 0.6) is 0 Å². The minimum atomic E-state index is -0.710. The van der Waals surface area contributed by atoms with Crippen LogP contribution in [0.4, 0.5) is 0 Å². The normalized spacial score (nSPS) is 11.1. The maximum Gasteiger partial charge on any atom is 0.238 e. The second-order valence-electron chi connectivity index (χ2n) is 2.43. The number of hydrogen-bond acceptors (Lipinski definition) is 2. The number of halogens is 1. The van der Waals surface area contributed by atoms with Gasteiger partial charge < -0.3 is 11.5 Å². The van der Waals surface area contributed by atoms with E-state index in [2.05, 4.69) is 15.9 Å². The summed E-state index contributed by atoms with van der Waals surface area (Å²) in [7, 11) is 0. The molecule has 3 nitrogen and oxygen atoms in total. The summed E-state index contributed by atoms with van der Waals surface area (Å²) in [5, 5.41) is 0. The van der Waals surface area contributed by atoms with Crippen LogP contribution >= 0.6 is 15.9 Å². The van der Waals surface area contributed by atoms with Crippen LogP contribution in [0.1, 0.15) is 25.5 Å². The largest absolute Gasteiger partial charge is 0.368 e. The average Bonchev–Trinajstić information content (AvgIpc) is 2.21. The zero-order valence-electron chi connectivity index (χ0n) is 8.33. The Morgan fingerprint density at radius 3 is 2.07 bits per heavy atom. The Morgan fingerprint density at radius 2 is 1.71 bits per heavy atom. The van der Waals surface area contributed by atoms with Gasteiger partial charge in [0.1, 0.15) is 6.04 Å². The van der Waals surface area contributed by atoms with Crippen molar-refractivity contribution in [2.45, 2.75) is 19.9 Å². The molecule has 1 unspecified atom stereocenters. The fourth-order valence-corrected chi connectivity index (χ4v) is 1.10. The van der Waals surface area contributed by atoms with Crippen molar-refractivity contribution in [3.63, 3.8) is 0 Å². The molecule has 1 rings (SSSR count). The number of benzene rings is 1. The highest BCUT2D eigenvalue weighted by Crippen LogP contribution is 2.14. The molecule has 0 bridgehead atoms. The summed E-state index contributed by atoms with van der Waals surface area (Å²) < 4.78 is 0.947. The van der Waals surface area contributed by atoms with Crippen LogP contribution in [0.2, 0.25) is 0 Å². The topological polar surface area (TPSA) is 69.1 Å². The number of rotatable bonds is 2. The molecule has 1 amide bonds. The number of hydrogen-bond donors (Lipinski definition) is 2. The van der Waals surface area contributed by atoms with Crippen LogP contribution in [0.25, 0.3) is 0 Å². The number of carbonyl (C=O) groups excluding carboxylic acids is 1. The van der Waals surface area contributed by atoms with E-state index in [0.29, 0.717) is 0 Å². The van der Waals surface area contributed by atoms with E-state index in [1.165, 1.54) is 0 Å². The van der Waals surface area contributed by atoms with E-state index in [1.54, 1.807) is 12.1 Å². The molecule has 0 saturated carbocycles. The predicted molar refractivity (Wildman–Crippen MR) is 61.6 cm³/mol. The van der Waals surface area contributed by atoms with Crippen molar-refractivity contribution in [2.24, 2.45) is 11.5 Å². The molecule has 1 aromatic rings. The van der Waals surface area contributed by atoms with Gasteiger partial charge in [-0.15, -0.1) is 0 Å². The van der Waals surface area contributed by atoms with Crippen molar-refractivity contribution in [1.29, 1.82) is 0 Å². The Labute approximate surface area is 92.6 Å². The van der Waals surface area contributed by atoms with Gasteiger partial charge in [-0.05, 0) is 17.7 Å². The van der Waals surface area contributed by atoms with Gasteiger partial charge >= 0.3 is 0 Å². The SMILES string of the molecule is CC.NC(=O)C(N)c1ccc(Br)cc1. The lowest BCUT2D eigenvalue weighted by Crippen LogP contribution is -2.28. The first-order valence-electron chi connectivity index (χ1n) is 4.41. The van der Waals surface area contributed by atoms with Crippen molar-refractivity contribution in [2.75, 3.05) is 0 Å². The Balaban J connectivity index is 0.000000791. The molecular formula is C10H15BrN2O. The quantitative estimate of drug-likeness (QED) is 0.852. The Hall–Kier alpha value is -0.870. The van der Waals surface area contributed by atoms with Crippen LogP contribution in [0.3, 0.4) is 0 Å². The predicted octanol–water partition coefficient (Wildman–Crippen LogP) is 1.96. The van der Waals surface area contributed by atoms with Crippen molar-refractivity contribution in [3.8, 4) is 0 Å². The molecule has 0 heterocycles. The minimum absolute atomic E-state index is 0.516. The number of amides is 1. The highest BCUT2D eigenvalue weighted by atomic mass is 79.9. The van der Waals surface area contributed by atoms with E-state index >= 15 is 0 Å². The van der Waals surface area contributed by atoms with Gasteiger partial charge in [0.25, 0.3) is 0 Å². The van der Waals surface area contributed by atoms with Gasteiger partial charge in [-0.25, -0.2) is 0 Å². The van der Waals surface area contributed by atoms with Crippen LogP contribution in [-0.4, -0.2) is 5.91 Å². The molecule has 78 valence electrons. The minimum Gasteiger partial charge on any atom is -0.368 e. The van der Waals surface area contributed by atoms with Crippen LogP contribution in [0.15, 0.2) is 28.7 Å². The molecule has 4 N–H and O–H groups in total. The molecule has 0 radical (unpaired) electrons. The summed E-state index contributed by atoms with van der Waals surface area (Å²) >= 11 is 3.27. The zero-order chi connectivity index (χ0) is 11.1. The van der Waals surface area contributed by atoms with Gasteiger partial charge in [-0.1, -0.05) is 41.9 Å². The van der Waals surface area contributed by atoms with Crippen molar-refractivity contribution in [1.82, 2.24) is 0 Å². The summed E-state index contributed by atoms with van der Waals surface area (Å²) in [5.41, 5.74) is 11.3. The monoisotopic (exact) mass is 258 g/mol. The Bertz CT molecular complexity index is 285. The lowest BCUT2D eigenvalue weighted by atomic mass is 10.1. The number of carbonyl (C=O) groups is 1. The van der Waals surface area contributed by atoms with Crippen molar-refractivity contribution < 1.29 is 4.79 Å². The third kappa shape index (κ3) is 3.89. The molecule has 0 aliphatic carbocycles. The average molecular weight is 259 g/mol. The summed E-state index contributed by atoms with van der Waals surface area (Å²) in [4.78, 5) is 10.7. The molecule has 0 aliphatic heterocycles. The lowest BCUT2D eigenvalue weighted by molar-refractivity contribution is -0.119. The van der Waals surface area contributed by atoms with Gasteiger partial charge in [-0.3, -0.25) is 4.79 Å². The van der Waals surface area contributed by atoms with E-state index in [-0.39, 0.29) is 0 Å². The first kappa shape index (κ1) is 13.1. The van der Waals surface area contributed by atoms with Gasteiger partial charge in [0.05, 0.1) is 0 Å². The maximum absolute atomic E-state index is 10.7. The first-order chi connectivity index (χ1) is 6.61. The summed E-state index contributed by atoms with van der Waals surface area (Å²) in [6.07, 6.45) is 0. The van der Waals surface area contributed by atoms with Gasteiger partial charge in [-0.2, -0.15) is 0 Å². The van der Waals surface area contributed by atoms with Gasteiger partial charge in [0.15, 0.2) is 0 Å². The first-order valence-corrected chi connectivity index (χ1v) is 5.21. The number of nitrogens with two attached hydrogens (primary N) is 2. The third-order valence-electron chi connectivity index (χ3n) is 1.54. The van der Waals surface area contributed by atoms with E-state index < -0.39 is 11.9 Å². The highest BCUT2D eigenvalue weighted by molar-refractivity contribution is 9.10. The van der Waals surface area contributed by atoms with E-state index in [9.17, 15) is 4.79 Å². The molecular weight excluding hydrogens is 244 g/mol. The molecule has 1 aromatic carbocycles.